The normalized spacial score (nSPS) is 14.6. The Labute approximate surface area is 213 Å². The van der Waals surface area contributed by atoms with Gasteiger partial charge in [0.1, 0.15) is 17.1 Å². The monoisotopic (exact) mass is 503 g/mol. The molecule has 37 heavy (non-hydrogen) atoms. The van der Waals surface area contributed by atoms with E-state index in [2.05, 4.69) is 0 Å². The fourth-order valence-corrected chi connectivity index (χ4v) is 4.74. The van der Waals surface area contributed by atoms with E-state index in [1.54, 1.807) is 30.2 Å². The molecule has 0 bridgehead atoms. The van der Waals surface area contributed by atoms with E-state index in [-0.39, 0.29) is 22.3 Å². The first-order chi connectivity index (χ1) is 17.9. The minimum Gasteiger partial charge on any atom is -0.497 e. The number of fused-ring (bicyclic) bond motifs is 2. The van der Waals surface area contributed by atoms with Crippen molar-refractivity contribution in [3.05, 3.63) is 99.2 Å². The minimum absolute atomic E-state index is 0.0308. The molecule has 1 atom stereocenters. The summed E-state index contributed by atoms with van der Waals surface area (Å²) in [6.07, 6.45) is 0.538. The van der Waals surface area contributed by atoms with Crippen molar-refractivity contribution in [2.75, 3.05) is 27.4 Å². The molecule has 1 unspecified atom stereocenters. The van der Waals surface area contributed by atoms with Crippen molar-refractivity contribution in [1.82, 2.24) is 4.90 Å². The third-order valence-corrected chi connectivity index (χ3v) is 6.53. The van der Waals surface area contributed by atoms with Gasteiger partial charge in [0.15, 0.2) is 16.9 Å². The van der Waals surface area contributed by atoms with Gasteiger partial charge in [-0.2, -0.15) is 0 Å². The van der Waals surface area contributed by atoms with E-state index in [4.69, 9.17) is 18.6 Å². The average Bonchev–Trinajstić information content (AvgIpc) is 3.20. The molecule has 0 saturated heterocycles. The number of halogens is 1. The van der Waals surface area contributed by atoms with Crippen molar-refractivity contribution in [1.29, 1.82) is 0 Å². The first-order valence-electron chi connectivity index (χ1n) is 12.0. The molecule has 1 aromatic heterocycles. The molecule has 0 aliphatic carbocycles. The molecule has 0 radical (unpaired) electrons. The summed E-state index contributed by atoms with van der Waals surface area (Å²) in [6, 6.07) is 15.9. The Morgan fingerprint density at radius 1 is 0.946 bits per heavy atom. The molecule has 0 saturated carbocycles. The Bertz CT molecular complexity index is 1530. The largest absolute Gasteiger partial charge is 0.497 e. The number of amides is 1. The lowest BCUT2D eigenvalue weighted by Crippen LogP contribution is -2.31. The van der Waals surface area contributed by atoms with Crippen LogP contribution in [0.2, 0.25) is 0 Å². The number of rotatable bonds is 8. The molecule has 8 heteroatoms. The van der Waals surface area contributed by atoms with E-state index in [1.165, 1.54) is 19.2 Å². The Morgan fingerprint density at radius 3 is 2.43 bits per heavy atom. The van der Waals surface area contributed by atoms with Gasteiger partial charge in [-0.3, -0.25) is 9.59 Å². The summed E-state index contributed by atoms with van der Waals surface area (Å²) in [5, 5.41) is 0.0893. The zero-order valence-electron chi connectivity index (χ0n) is 20.7. The van der Waals surface area contributed by atoms with Gasteiger partial charge in [0.2, 0.25) is 5.76 Å². The van der Waals surface area contributed by atoms with E-state index >= 15 is 0 Å². The van der Waals surface area contributed by atoms with Gasteiger partial charge in [-0.15, -0.1) is 0 Å². The molecular formula is C29H26FNO6. The maximum atomic E-state index is 14.0. The van der Waals surface area contributed by atoms with Crippen molar-refractivity contribution < 1.29 is 27.8 Å². The highest BCUT2D eigenvalue weighted by Gasteiger charge is 2.42. The van der Waals surface area contributed by atoms with Crippen LogP contribution in [0.4, 0.5) is 4.39 Å². The number of methoxy groups -OCH3 is 2. The molecule has 5 rings (SSSR count). The molecule has 190 valence electrons. The van der Waals surface area contributed by atoms with Crippen LogP contribution in [0.3, 0.4) is 0 Å². The number of hydrogen-bond donors (Lipinski definition) is 0. The molecule has 0 N–H and O–H groups in total. The van der Waals surface area contributed by atoms with Crippen LogP contribution in [-0.4, -0.2) is 38.2 Å². The molecule has 0 fully saturated rings. The molecule has 4 aromatic rings. The maximum absolute atomic E-state index is 14.0. The zero-order valence-corrected chi connectivity index (χ0v) is 20.7. The fraction of sp³-hybridized carbons (Fsp3) is 0.241. The van der Waals surface area contributed by atoms with E-state index in [0.717, 1.165) is 17.4 Å². The highest BCUT2D eigenvalue weighted by atomic mass is 19.1. The van der Waals surface area contributed by atoms with Crippen LogP contribution in [0.5, 0.6) is 17.2 Å². The third kappa shape index (κ3) is 4.39. The summed E-state index contributed by atoms with van der Waals surface area (Å²) in [5.41, 5.74) is 1.57. The summed E-state index contributed by atoms with van der Waals surface area (Å²) in [5.74, 6) is 0.782. The highest BCUT2D eigenvalue weighted by molar-refractivity contribution is 5.99. The van der Waals surface area contributed by atoms with Gasteiger partial charge in [-0.25, -0.2) is 4.39 Å². The minimum atomic E-state index is -0.741. The Morgan fingerprint density at radius 2 is 1.73 bits per heavy atom. The average molecular weight is 504 g/mol. The zero-order chi connectivity index (χ0) is 26.1. The van der Waals surface area contributed by atoms with Gasteiger partial charge in [-0.05, 0) is 66.9 Å². The number of nitrogens with zero attached hydrogens (tertiary/aromatic N) is 1. The lowest BCUT2D eigenvalue weighted by molar-refractivity contribution is 0.0730. The number of carbonyl (C=O) groups excluding carboxylic acids is 1. The third-order valence-electron chi connectivity index (χ3n) is 6.53. The number of benzene rings is 3. The Balaban J connectivity index is 1.62. The van der Waals surface area contributed by atoms with Crippen molar-refractivity contribution in [3.63, 3.8) is 0 Å². The number of hydrogen-bond acceptors (Lipinski definition) is 6. The van der Waals surface area contributed by atoms with Gasteiger partial charge in [0, 0.05) is 6.54 Å². The van der Waals surface area contributed by atoms with E-state index < -0.39 is 23.2 Å². The molecule has 2 heterocycles. The lowest BCUT2D eigenvalue weighted by Gasteiger charge is -2.26. The second-order valence-corrected chi connectivity index (χ2v) is 8.66. The van der Waals surface area contributed by atoms with Crippen LogP contribution in [-0.2, 0) is 6.42 Å². The fourth-order valence-electron chi connectivity index (χ4n) is 4.74. The predicted molar refractivity (Wildman–Crippen MR) is 136 cm³/mol. The van der Waals surface area contributed by atoms with Crippen molar-refractivity contribution in [2.45, 2.75) is 19.4 Å². The summed E-state index contributed by atoms with van der Waals surface area (Å²) < 4.78 is 36.3. The topological polar surface area (TPSA) is 78.2 Å². The molecule has 0 spiro atoms. The Hall–Kier alpha value is -4.33. The van der Waals surface area contributed by atoms with Crippen LogP contribution in [0.25, 0.3) is 11.0 Å². The molecule has 1 aliphatic rings. The first kappa shape index (κ1) is 24.4. The van der Waals surface area contributed by atoms with E-state index in [0.29, 0.717) is 36.6 Å². The van der Waals surface area contributed by atoms with Crippen molar-refractivity contribution in [2.24, 2.45) is 0 Å². The van der Waals surface area contributed by atoms with Gasteiger partial charge in [0.25, 0.3) is 5.91 Å². The van der Waals surface area contributed by atoms with Crippen LogP contribution in [0.1, 0.15) is 40.2 Å². The second-order valence-electron chi connectivity index (χ2n) is 8.66. The standard InChI is InChI=1S/C29H26FNO6/c1-4-36-23-11-7-18(15-24(23)35-3)26-25-27(32)21-16-19(30)8-12-22(21)37-28(25)29(33)31(26)14-13-17-5-9-20(34-2)10-6-17/h5-12,15-16,26H,4,13-14H2,1-3H3. The highest BCUT2D eigenvalue weighted by Crippen LogP contribution is 2.41. The summed E-state index contributed by atoms with van der Waals surface area (Å²) >= 11 is 0. The summed E-state index contributed by atoms with van der Waals surface area (Å²) in [7, 11) is 3.13. The quantitative estimate of drug-likeness (QED) is 0.332. The Kier molecular flexibility index (Phi) is 6.56. The maximum Gasteiger partial charge on any atom is 0.290 e. The van der Waals surface area contributed by atoms with Crippen LogP contribution >= 0.6 is 0 Å². The summed E-state index contributed by atoms with van der Waals surface area (Å²) in [4.78, 5) is 28.9. The van der Waals surface area contributed by atoms with Crippen molar-refractivity contribution in [3.8, 4) is 17.2 Å². The first-order valence-corrected chi connectivity index (χ1v) is 12.0. The smallest absolute Gasteiger partial charge is 0.290 e. The molecule has 3 aromatic carbocycles. The van der Waals surface area contributed by atoms with Gasteiger partial charge < -0.3 is 23.5 Å². The van der Waals surface area contributed by atoms with Crippen LogP contribution in [0.15, 0.2) is 69.9 Å². The predicted octanol–water partition coefficient (Wildman–Crippen LogP) is 5.14. The number of ether oxygens (including phenoxy) is 3. The second kappa shape index (κ2) is 9.97. The van der Waals surface area contributed by atoms with E-state index in [1.807, 2.05) is 31.2 Å². The summed E-state index contributed by atoms with van der Waals surface area (Å²) in [6.45, 7) is 2.64. The van der Waals surface area contributed by atoms with Crippen LogP contribution in [0, 0.1) is 5.82 Å². The van der Waals surface area contributed by atoms with Gasteiger partial charge in [0.05, 0.1) is 37.8 Å². The van der Waals surface area contributed by atoms with E-state index in [9.17, 15) is 14.0 Å². The molecule has 7 nitrogen and oxygen atoms in total. The molecule has 1 amide bonds. The lowest BCUT2D eigenvalue weighted by atomic mass is 9.97. The van der Waals surface area contributed by atoms with Gasteiger partial charge >= 0.3 is 0 Å². The molecule has 1 aliphatic heterocycles. The number of carbonyl (C=O) groups is 1. The van der Waals surface area contributed by atoms with Crippen molar-refractivity contribution >= 4 is 16.9 Å². The van der Waals surface area contributed by atoms with Gasteiger partial charge in [-0.1, -0.05) is 18.2 Å². The van der Waals surface area contributed by atoms with Crippen LogP contribution < -0.4 is 19.6 Å². The molecular weight excluding hydrogens is 477 g/mol. The SMILES string of the molecule is CCOc1ccc(C2c3c(oc4ccc(F)cc4c3=O)C(=O)N2CCc2ccc(OC)cc2)cc1OC.